The quantitative estimate of drug-likeness (QED) is 0.682. The second kappa shape index (κ2) is 4.94. The van der Waals surface area contributed by atoms with E-state index in [4.69, 9.17) is 23.2 Å². The molecule has 3 aromatic rings. The third-order valence-corrected chi connectivity index (χ3v) is 4.20. The fourth-order valence-corrected chi connectivity index (χ4v) is 2.79. The number of hydrogen-bond acceptors (Lipinski definition) is 6. The first kappa shape index (κ1) is 13.0. The summed E-state index contributed by atoms with van der Waals surface area (Å²) < 4.78 is 1.84. The molecule has 0 saturated carbocycles. The minimum Gasteiger partial charge on any atom is -0.351 e. The molecule has 4 rings (SSSR count). The summed E-state index contributed by atoms with van der Waals surface area (Å²) in [4.78, 5) is 11.1. The summed E-state index contributed by atoms with van der Waals surface area (Å²) in [5.41, 5.74) is 1.97. The first-order chi connectivity index (χ1) is 10.2. The molecule has 3 aromatic heterocycles. The summed E-state index contributed by atoms with van der Waals surface area (Å²) in [6.07, 6.45) is 1.64. The molecule has 0 radical (unpaired) electrons. The van der Waals surface area contributed by atoms with Crippen molar-refractivity contribution in [2.75, 3.05) is 31.1 Å². The van der Waals surface area contributed by atoms with Gasteiger partial charge in [0.1, 0.15) is 11.5 Å². The van der Waals surface area contributed by atoms with Crippen molar-refractivity contribution in [3.63, 3.8) is 0 Å². The molecule has 0 spiro atoms. The third-order valence-electron chi connectivity index (χ3n) is 3.53. The lowest BCUT2D eigenvalue weighted by molar-refractivity contribution is 0.586. The fraction of sp³-hybridized carbons (Fsp3) is 0.333. The largest absolute Gasteiger partial charge is 0.351 e. The lowest BCUT2D eigenvalue weighted by atomic mass is 10.3. The minimum absolute atomic E-state index is 0.246. The Labute approximate surface area is 129 Å². The van der Waals surface area contributed by atoms with E-state index in [2.05, 4.69) is 30.4 Å². The van der Waals surface area contributed by atoms with Crippen LogP contribution in [-0.4, -0.2) is 50.7 Å². The number of pyridine rings is 1. The first-order valence-corrected chi connectivity index (χ1v) is 7.31. The highest BCUT2D eigenvalue weighted by Crippen LogP contribution is 2.27. The highest BCUT2D eigenvalue weighted by atomic mass is 35.5. The van der Waals surface area contributed by atoms with E-state index < -0.39 is 0 Å². The number of halogens is 2. The van der Waals surface area contributed by atoms with Gasteiger partial charge in [0.25, 0.3) is 0 Å². The van der Waals surface area contributed by atoms with Crippen LogP contribution in [0.3, 0.4) is 0 Å². The lowest BCUT2D eigenvalue weighted by Crippen LogP contribution is -2.44. The number of nitrogens with zero attached hydrogens (tertiary/aromatic N) is 6. The molecule has 21 heavy (non-hydrogen) atoms. The van der Waals surface area contributed by atoms with E-state index in [0.29, 0.717) is 16.3 Å². The van der Waals surface area contributed by atoms with Crippen LogP contribution in [0, 0.1) is 0 Å². The SMILES string of the molecule is Clc1cc2c(nc1Cl)nc(N1CCNCC1)c1nncn12. The zero-order valence-electron chi connectivity index (χ0n) is 10.9. The third kappa shape index (κ3) is 2.08. The normalized spacial score (nSPS) is 16.0. The number of hydrogen-bond donors (Lipinski definition) is 1. The second-order valence-corrected chi connectivity index (χ2v) is 5.57. The maximum atomic E-state index is 6.05. The predicted octanol–water partition coefficient (Wildman–Crippen LogP) is 1.39. The van der Waals surface area contributed by atoms with Crippen LogP contribution in [0.2, 0.25) is 10.2 Å². The van der Waals surface area contributed by atoms with Crippen molar-refractivity contribution < 1.29 is 0 Å². The lowest BCUT2D eigenvalue weighted by Gasteiger charge is -2.28. The van der Waals surface area contributed by atoms with Gasteiger partial charge >= 0.3 is 0 Å². The standard InChI is InChI=1S/C12H11Cl2N7/c13-7-5-8-10(17-9(7)14)18-11(12-19-16-6-21(8)12)20-3-1-15-2-4-20/h5-6,15H,1-4H2. The zero-order chi connectivity index (χ0) is 14.4. The molecule has 0 aliphatic carbocycles. The molecule has 0 amide bonds. The molecule has 1 N–H and O–H groups in total. The van der Waals surface area contributed by atoms with Crippen molar-refractivity contribution in [1.29, 1.82) is 0 Å². The Balaban J connectivity index is 2.00. The molecule has 7 nitrogen and oxygen atoms in total. The van der Waals surface area contributed by atoms with E-state index in [0.717, 1.165) is 37.5 Å². The van der Waals surface area contributed by atoms with Crippen molar-refractivity contribution in [1.82, 2.24) is 29.9 Å². The molecular formula is C12H11Cl2N7. The van der Waals surface area contributed by atoms with Crippen molar-refractivity contribution in [2.45, 2.75) is 0 Å². The Morgan fingerprint density at radius 2 is 1.95 bits per heavy atom. The highest BCUT2D eigenvalue weighted by Gasteiger charge is 2.19. The topological polar surface area (TPSA) is 71.2 Å². The smallest absolute Gasteiger partial charge is 0.204 e. The van der Waals surface area contributed by atoms with E-state index in [1.165, 1.54) is 0 Å². The first-order valence-electron chi connectivity index (χ1n) is 6.55. The molecule has 0 atom stereocenters. The Morgan fingerprint density at radius 3 is 2.76 bits per heavy atom. The van der Waals surface area contributed by atoms with Crippen molar-refractivity contribution in [3.8, 4) is 0 Å². The van der Waals surface area contributed by atoms with Crippen LogP contribution < -0.4 is 10.2 Å². The average molecular weight is 324 g/mol. The van der Waals surface area contributed by atoms with E-state index in [1.54, 1.807) is 12.4 Å². The Morgan fingerprint density at radius 1 is 1.14 bits per heavy atom. The number of fused-ring (bicyclic) bond motifs is 3. The van der Waals surface area contributed by atoms with Crippen LogP contribution in [0.25, 0.3) is 16.8 Å². The Kier molecular flexibility index (Phi) is 3.06. The van der Waals surface area contributed by atoms with Gasteiger partial charge in [-0.15, -0.1) is 10.2 Å². The van der Waals surface area contributed by atoms with E-state index >= 15 is 0 Å². The number of piperazine rings is 1. The number of anilines is 1. The van der Waals surface area contributed by atoms with Gasteiger partial charge in [0.15, 0.2) is 11.5 Å². The van der Waals surface area contributed by atoms with Crippen molar-refractivity contribution in [3.05, 3.63) is 22.6 Å². The van der Waals surface area contributed by atoms with Crippen molar-refractivity contribution >= 4 is 45.8 Å². The van der Waals surface area contributed by atoms with E-state index in [9.17, 15) is 0 Å². The van der Waals surface area contributed by atoms with Crippen LogP contribution in [-0.2, 0) is 0 Å². The van der Waals surface area contributed by atoms with Gasteiger partial charge < -0.3 is 10.2 Å². The van der Waals surface area contributed by atoms with Crippen LogP contribution in [0.15, 0.2) is 12.4 Å². The molecule has 1 aliphatic heterocycles. The number of rotatable bonds is 1. The van der Waals surface area contributed by atoms with Gasteiger partial charge in [0.2, 0.25) is 5.65 Å². The number of aromatic nitrogens is 5. The molecule has 0 unspecified atom stereocenters. The molecular weight excluding hydrogens is 313 g/mol. The minimum atomic E-state index is 0.246. The maximum absolute atomic E-state index is 6.05. The molecule has 1 fully saturated rings. The van der Waals surface area contributed by atoms with Gasteiger partial charge in [-0.3, -0.25) is 4.40 Å². The molecule has 1 saturated heterocycles. The maximum Gasteiger partial charge on any atom is 0.204 e. The second-order valence-electron chi connectivity index (χ2n) is 4.80. The summed E-state index contributed by atoms with van der Waals surface area (Å²) in [5, 5.41) is 12.1. The monoisotopic (exact) mass is 323 g/mol. The van der Waals surface area contributed by atoms with Crippen LogP contribution in [0.1, 0.15) is 0 Å². The summed E-state index contributed by atoms with van der Waals surface area (Å²) >= 11 is 12.1. The number of nitrogens with one attached hydrogen (secondary N) is 1. The van der Waals surface area contributed by atoms with Crippen molar-refractivity contribution in [2.24, 2.45) is 0 Å². The molecule has 4 heterocycles. The molecule has 0 aromatic carbocycles. The zero-order valence-corrected chi connectivity index (χ0v) is 12.4. The highest BCUT2D eigenvalue weighted by molar-refractivity contribution is 6.41. The van der Waals surface area contributed by atoms with Crippen LogP contribution >= 0.6 is 23.2 Å². The van der Waals surface area contributed by atoms with Gasteiger partial charge in [-0.1, -0.05) is 23.2 Å². The van der Waals surface area contributed by atoms with E-state index in [1.807, 2.05) is 4.40 Å². The summed E-state index contributed by atoms with van der Waals surface area (Å²) in [6, 6.07) is 1.73. The summed E-state index contributed by atoms with van der Waals surface area (Å²) in [5.74, 6) is 0.771. The van der Waals surface area contributed by atoms with Gasteiger partial charge in [-0.2, -0.15) is 0 Å². The van der Waals surface area contributed by atoms with Crippen LogP contribution in [0.5, 0.6) is 0 Å². The van der Waals surface area contributed by atoms with Gasteiger partial charge in [-0.05, 0) is 6.07 Å². The predicted molar refractivity (Wildman–Crippen MR) is 81.2 cm³/mol. The Bertz CT molecular complexity index is 825. The van der Waals surface area contributed by atoms with E-state index in [-0.39, 0.29) is 5.15 Å². The fourth-order valence-electron chi connectivity index (χ4n) is 2.51. The Hall–Kier alpha value is -1.70. The summed E-state index contributed by atoms with van der Waals surface area (Å²) in [6.45, 7) is 3.55. The molecule has 1 aliphatic rings. The van der Waals surface area contributed by atoms with Crippen LogP contribution in [0.4, 0.5) is 5.82 Å². The molecule has 108 valence electrons. The summed E-state index contributed by atoms with van der Waals surface area (Å²) in [7, 11) is 0. The van der Waals surface area contributed by atoms with Gasteiger partial charge in [0, 0.05) is 26.2 Å². The molecule has 0 bridgehead atoms. The van der Waals surface area contributed by atoms with Gasteiger partial charge in [-0.25, -0.2) is 9.97 Å². The average Bonchev–Trinajstić information content (AvgIpc) is 2.99. The van der Waals surface area contributed by atoms with Gasteiger partial charge in [0.05, 0.1) is 10.5 Å². The molecule has 9 heteroatoms.